The van der Waals surface area contributed by atoms with E-state index in [-0.39, 0.29) is 45.2 Å². The van der Waals surface area contributed by atoms with Crippen LogP contribution in [0.3, 0.4) is 0 Å². The van der Waals surface area contributed by atoms with E-state index >= 15 is 0 Å². The highest BCUT2D eigenvalue weighted by Gasteiger charge is 2.32. The van der Waals surface area contributed by atoms with E-state index in [1.165, 1.54) is 47.0 Å². The van der Waals surface area contributed by atoms with Gasteiger partial charge in [0.2, 0.25) is 10.0 Å². The number of nitrogens with one attached hydrogen (secondary N) is 1. The summed E-state index contributed by atoms with van der Waals surface area (Å²) in [5, 5.41) is 11.1. The van der Waals surface area contributed by atoms with Crippen LogP contribution in [-0.4, -0.2) is 43.7 Å². The summed E-state index contributed by atoms with van der Waals surface area (Å²) in [6.45, 7) is 1.61. The zero-order chi connectivity index (χ0) is 28.8. The molecule has 40 heavy (non-hydrogen) atoms. The van der Waals surface area contributed by atoms with Gasteiger partial charge in [0.1, 0.15) is 22.9 Å². The molecule has 0 radical (unpaired) electrons. The van der Waals surface area contributed by atoms with Crippen molar-refractivity contribution in [2.45, 2.75) is 24.8 Å². The lowest BCUT2D eigenvalue weighted by Crippen LogP contribution is -2.32. The topological polar surface area (TPSA) is 135 Å². The lowest BCUT2D eigenvalue weighted by Gasteiger charge is -2.20. The number of halogens is 2. The molecule has 2 heterocycles. The SMILES string of the molecule is CCCS(=O)(=O)Nc1ccc2c(c1)S(=O)(=O)CC(c1c(O)c3cc(F)ccc3n(Cc3ccc(F)cc3)c1=O)=N2. The largest absolute Gasteiger partial charge is 0.506 e. The minimum absolute atomic E-state index is 0.0386. The second kappa shape index (κ2) is 10.1. The van der Waals surface area contributed by atoms with Crippen molar-refractivity contribution in [1.29, 1.82) is 0 Å². The first kappa shape index (κ1) is 27.5. The van der Waals surface area contributed by atoms with E-state index in [1.54, 1.807) is 6.92 Å². The van der Waals surface area contributed by atoms with Crippen molar-refractivity contribution in [3.8, 4) is 5.75 Å². The summed E-state index contributed by atoms with van der Waals surface area (Å²) in [7, 11) is -7.82. The summed E-state index contributed by atoms with van der Waals surface area (Å²) in [6.07, 6.45) is 0.365. The van der Waals surface area contributed by atoms with Crippen LogP contribution in [0.2, 0.25) is 0 Å². The molecular weight excluding hydrogens is 564 g/mol. The minimum Gasteiger partial charge on any atom is -0.506 e. The van der Waals surface area contributed by atoms with E-state index in [2.05, 4.69) is 9.71 Å². The number of aromatic hydroxyl groups is 1. The van der Waals surface area contributed by atoms with Crippen LogP contribution in [-0.2, 0) is 26.4 Å². The van der Waals surface area contributed by atoms with Crippen LogP contribution in [0, 0.1) is 11.6 Å². The Hall–Kier alpha value is -4.10. The third-order valence-corrected chi connectivity index (χ3v) is 9.51. The van der Waals surface area contributed by atoms with Crippen molar-refractivity contribution in [1.82, 2.24) is 4.57 Å². The number of sulfone groups is 1. The van der Waals surface area contributed by atoms with Crippen LogP contribution in [0.1, 0.15) is 24.5 Å². The summed E-state index contributed by atoms with van der Waals surface area (Å²) in [6, 6.07) is 12.6. The maximum Gasteiger partial charge on any atom is 0.264 e. The van der Waals surface area contributed by atoms with E-state index < -0.39 is 54.1 Å². The van der Waals surface area contributed by atoms with Crippen molar-refractivity contribution in [3.63, 3.8) is 0 Å². The lowest BCUT2D eigenvalue weighted by molar-refractivity contribution is 0.477. The second-order valence-corrected chi connectivity index (χ2v) is 13.1. The van der Waals surface area contributed by atoms with Gasteiger partial charge in [0, 0.05) is 11.1 Å². The summed E-state index contributed by atoms with van der Waals surface area (Å²) >= 11 is 0. The van der Waals surface area contributed by atoms with E-state index in [4.69, 9.17) is 0 Å². The summed E-state index contributed by atoms with van der Waals surface area (Å²) in [5.74, 6) is -2.72. The normalized spacial score (nSPS) is 14.5. The molecule has 1 aromatic heterocycles. The van der Waals surface area contributed by atoms with Crippen molar-refractivity contribution in [2.24, 2.45) is 4.99 Å². The van der Waals surface area contributed by atoms with Gasteiger partial charge in [-0.1, -0.05) is 19.1 Å². The fraction of sp³-hybridized carbons (Fsp3) is 0.185. The van der Waals surface area contributed by atoms with Crippen LogP contribution in [0.15, 0.2) is 75.3 Å². The maximum absolute atomic E-state index is 14.2. The van der Waals surface area contributed by atoms with Crippen molar-refractivity contribution in [3.05, 3.63) is 93.8 Å². The highest BCUT2D eigenvalue weighted by Crippen LogP contribution is 2.36. The first-order valence-corrected chi connectivity index (χ1v) is 15.4. The second-order valence-electron chi connectivity index (χ2n) is 9.32. The number of anilines is 1. The number of aliphatic imine (C=N–C) groups is 1. The van der Waals surface area contributed by atoms with Gasteiger partial charge in [0.15, 0.2) is 9.84 Å². The standard InChI is InChI=1S/C27H23F2N3O6S2/c1-2-11-40(37,38)31-19-8-9-21-24(13-19)39(35,36)15-22(30-21)25-26(33)20-12-18(29)7-10-23(20)32(27(25)34)14-16-3-5-17(28)6-4-16/h3-10,12-13,31,33H,2,11,14-15H2,1H3. The number of nitrogens with zero attached hydrogens (tertiary/aromatic N) is 2. The van der Waals surface area contributed by atoms with Gasteiger partial charge in [-0.3, -0.25) is 14.5 Å². The maximum atomic E-state index is 14.2. The highest BCUT2D eigenvalue weighted by atomic mass is 32.2. The molecule has 3 aromatic carbocycles. The Bertz CT molecular complexity index is 1970. The lowest BCUT2D eigenvalue weighted by atomic mass is 10.1. The molecule has 208 valence electrons. The molecule has 0 saturated heterocycles. The van der Waals surface area contributed by atoms with E-state index in [0.717, 1.165) is 18.2 Å². The van der Waals surface area contributed by atoms with Crippen LogP contribution >= 0.6 is 0 Å². The molecule has 0 saturated carbocycles. The van der Waals surface area contributed by atoms with Crippen LogP contribution < -0.4 is 10.3 Å². The van der Waals surface area contributed by atoms with Gasteiger partial charge in [0.25, 0.3) is 5.56 Å². The molecular formula is C27H23F2N3O6S2. The number of sulfonamides is 1. The molecule has 1 aliphatic heterocycles. The van der Waals surface area contributed by atoms with Crippen molar-refractivity contribution >= 4 is 47.8 Å². The van der Waals surface area contributed by atoms with Gasteiger partial charge < -0.3 is 9.67 Å². The number of rotatable bonds is 7. The molecule has 13 heteroatoms. The highest BCUT2D eigenvalue weighted by molar-refractivity contribution is 7.93. The molecule has 0 spiro atoms. The molecule has 4 aromatic rings. The monoisotopic (exact) mass is 587 g/mol. The van der Waals surface area contributed by atoms with Gasteiger partial charge in [-0.15, -0.1) is 0 Å². The van der Waals surface area contributed by atoms with Gasteiger partial charge >= 0.3 is 0 Å². The zero-order valence-electron chi connectivity index (χ0n) is 21.1. The predicted octanol–water partition coefficient (Wildman–Crippen LogP) is 4.09. The molecule has 0 aliphatic carbocycles. The number of hydrogen-bond acceptors (Lipinski definition) is 7. The van der Waals surface area contributed by atoms with Crippen LogP contribution in [0.4, 0.5) is 20.2 Å². The number of aromatic nitrogens is 1. The fourth-order valence-electron chi connectivity index (χ4n) is 4.58. The molecule has 5 rings (SSSR count). The zero-order valence-corrected chi connectivity index (χ0v) is 22.7. The van der Waals surface area contributed by atoms with E-state index in [9.17, 15) is 35.5 Å². The number of benzene rings is 3. The van der Waals surface area contributed by atoms with Crippen molar-refractivity contribution < 1.29 is 30.7 Å². The summed E-state index contributed by atoms with van der Waals surface area (Å²) in [5.41, 5.74) is -0.742. The number of fused-ring (bicyclic) bond motifs is 2. The van der Waals surface area contributed by atoms with Gasteiger partial charge in [-0.25, -0.2) is 25.6 Å². The minimum atomic E-state index is -4.14. The number of pyridine rings is 1. The molecule has 0 bridgehead atoms. The molecule has 1 aliphatic rings. The summed E-state index contributed by atoms with van der Waals surface area (Å²) in [4.78, 5) is 17.8. The molecule has 0 fully saturated rings. The van der Waals surface area contributed by atoms with E-state index in [1.807, 2.05) is 0 Å². The average Bonchev–Trinajstić information content (AvgIpc) is 2.88. The Morgan fingerprint density at radius 1 is 1.02 bits per heavy atom. The first-order valence-electron chi connectivity index (χ1n) is 12.1. The van der Waals surface area contributed by atoms with Gasteiger partial charge in [-0.05, 0) is 60.5 Å². The molecule has 0 amide bonds. The Morgan fingerprint density at radius 2 is 1.73 bits per heavy atom. The quantitative estimate of drug-likeness (QED) is 0.334. The van der Waals surface area contributed by atoms with Gasteiger partial charge in [-0.2, -0.15) is 0 Å². The Kier molecular flexibility index (Phi) is 6.96. The molecule has 0 atom stereocenters. The molecule has 0 unspecified atom stereocenters. The first-order chi connectivity index (χ1) is 18.9. The van der Waals surface area contributed by atoms with Gasteiger partial charge in [0.05, 0.1) is 39.9 Å². The average molecular weight is 588 g/mol. The predicted molar refractivity (Wildman–Crippen MR) is 148 cm³/mol. The Balaban J connectivity index is 1.68. The third kappa shape index (κ3) is 5.21. The van der Waals surface area contributed by atoms with Crippen molar-refractivity contribution in [2.75, 3.05) is 16.2 Å². The summed E-state index contributed by atoms with van der Waals surface area (Å²) < 4.78 is 82.1. The Labute approximate surface area is 228 Å². The molecule has 9 nitrogen and oxygen atoms in total. The molecule has 2 N–H and O–H groups in total. The number of hydrogen-bond donors (Lipinski definition) is 2. The van der Waals surface area contributed by atoms with Crippen LogP contribution in [0.5, 0.6) is 5.75 Å². The van der Waals surface area contributed by atoms with E-state index in [0.29, 0.717) is 12.0 Å². The fourth-order valence-corrected chi connectivity index (χ4v) is 7.17. The third-order valence-electron chi connectivity index (χ3n) is 6.37. The van der Waals surface area contributed by atoms with Crippen LogP contribution in [0.25, 0.3) is 10.9 Å². The smallest absolute Gasteiger partial charge is 0.264 e. The Morgan fingerprint density at radius 3 is 2.42 bits per heavy atom.